The summed E-state index contributed by atoms with van der Waals surface area (Å²) in [5.74, 6) is 0.0597. The normalized spacial score (nSPS) is 10.5. The van der Waals surface area contributed by atoms with Gasteiger partial charge in [0.1, 0.15) is 11.5 Å². The minimum Gasteiger partial charge on any atom is -0.507 e. The Labute approximate surface area is 107 Å². The summed E-state index contributed by atoms with van der Waals surface area (Å²) in [5, 5.41) is 18.8. The van der Waals surface area contributed by atoms with E-state index in [4.69, 9.17) is 9.84 Å². The first-order chi connectivity index (χ1) is 8.51. The minimum absolute atomic E-state index is 0.0499. The van der Waals surface area contributed by atoms with Gasteiger partial charge < -0.3 is 19.8 Å². The first kappa shape index (κ1) is 14.3. The van der Waals surface area contributed by atoms with Crippen molar-refractivity contribution in [1.82, 2.24) is 4.90 Å². The third-order valence-electron chi connectivity index (χ3n) is 2.66. The molecule has 2 N–H and O–H groups in total. The molecule has 0 unspecified atom stereocenters. The van der Waals surface area contributed by atoms with Crippen LogP contribution in [0.15, 0.2) is 18.2 Å². The van der Waals surface area contributed by atoms with E-state index in [9.17, 15) is 9.90 Å². The van der Waals surface area contributed by atoms with Crippen LogP contribution in [0, 0.1) is 0 Å². The van der Waals surface area contributed by atoms with Crippen molar-refractivity contribution < 1.29 is 19.7 Å². The molecule has 1 rings (SSSR count). The van der Waals surface area contributed by atoms with Gasteiger partial charge >= 0.3 is 0 Å². The molecule has 0 spiro atoms. The van der Waals surface area contributed by atoms with Gasteiger partial charge in [-0.15, -0.1) is 0 Å². The van der Waals surface area contributed by atoms with E-state index >= 15 is 0 Å². The Morgan fingerprint density at radius 1 is 1.44 bits per heavy atom. The molecule has 5 heteroatoms. The van der Waals surface area contributed by atoms with Crippen LogP contribution in [-0.4, -0.2) is 47.3 Å². The van der Waals surface area contributed by atoms with Crippen LogP contribution in [0.25, 0.3) is 0 Å². The molecular formula is C13H19NO4. The second kappa shape index (κ2) is 6.26. The number of aliphatic hydroxyl groups excluding tert-OH is 1. The van der Waals surface area contributed by atoms with Crippen LogP contribution < -0.4 is 4.74 Å². The predicted octanol–water partition coefficient (Wildman–Crippen LogP) is 1.24. The predicted molar refractivity (Wildman–Crippen MR) is 67.9 cm³/mol. The van der Waals surface area contributed by atoms with Crippen LogP contribution in [0.4, 0.5) is 0 Å². The van der Waals surface area contributed by atoms with Crippen molar-refractivity contribution in [2.75, 3.05) is 20.3 Å². The maximum atomic E-state index is 12.2. The largest absolute Gasteiger partial charge is 0.507 e. The molecule has 0 radical (unpaired) electrons. The number of hydrogen-bond donors (Lipinski definition) is 2. The lowest BCUT2D eigenvalue weighted by Gasteiger charge is -2.26. The maximum Gasteiger partial charge on any atom is 0.257 e. The Balaban J connectivity index is 3.01. The van der Waals surface area contributed by atoms with Gasteiger partial charge in [0.25, 0.3) is 5.91 Å². The van der Waals surface area contributed by atoms with Gasteiger partial charge in [0.2, 0.25) is 0 Å². The molecular weight excluding hydrogens is 234 g/mol. The molecule has 0 saturated carbocycles. The van der Waals surface area contributed by atoms with Crippen molar-refractivity contribution in [3.63, 3.8) is 0 Å². The number of aliphatic hydroxyl groups is 1. The lowest BCUT2D eigenvalue weighted by Crippen LogP contribution is -2.39. The summed E-state index contributed by atoms with van der Waals surface area (Å²) in [4.78, 5) is 13.7. The topological polar surface area (TPSA) is 70.0 Å². The molecule has 18 heavy (non-hydrogen) atoms. The number of aromatic hydroxyl groups is 1. The van der Waals surface area contributed by atoms with Crippen LogP contribution in [0.5, 0.6) is 11.5 Å². The number of nitrogens with zero attached hydrogens (tertiary/aromatic N) is 1. The van der Waals surface area contributed by atoms with Crippen molar-refractivity contribution in [3.05, 3.63) is 23.8 Å². The summed E-state index contributed by atoms with van der Waals surface area (Å²) in [6.07, 6.45) is 0. The second-order valence-electron chi connectivity index (χ2n) is 4.20. The quantitative estimate of drug-likeness (QED) is 0.828. The van der Waals surface area contributed by atoms with E-state index in [0.717, 1.165) is 0 Å². The van der Waals surface area contributed by atoms with Gasteiger partial charge in [0.05, 0.1) is 19.3 Å². The van der Waals surface area contributed by atoms with Crippen molar-refractivity contribution >= 4 is 5.91 Å². The lowest BCUT2D eigenvalue weighted by molar-refractivity contribution is 0.0662. The number of methoxy groups -OCH3 is 1. The number of amides is 1. The zero-order chi connectivity index (χ0) is 13.7. The molecule has 0 aliphatic heterocycles. The van der Waals surface area contributed by atoms with Crippen LogP contribution in [0.3, 0.4) is 0 Å². The molecule has 100 valence electrons. The first-order valence-corrected chi connectivity index (χ1v) is 5.80. The van der Waals surface area contributed by atoms with E-state index in [1.165, 1.54) is 24.1 Å². The zero-order valence-electron chi connectivity index (χ0n) is 10.9. The Bertz CT molecular complexity index is 417. The molecule has 0 aromatic heterocycles. The average molecular weight is 253 g/mol. The third kappa shape index (κ3) is 3.13. The van der Waals surface area contributed by atoms with Crippen LogP contribution in [-0.2, 0) is 0 Å². The highest BCUT2D eigenvalue weighted by atomic mass is 16.5. The van der Waals surface area contributed by atoms with E-state index in [2.05, 4.69) is 0 Å². The highest BCUT2D eigenvalue weighted by Crippen LogP contribution is 2.25. The van der Waals surface area contributed by atoms with Crippen LogP contribution in [0.2, 0.25) is 0 Å². The van der Waals surface area contributed by atoms with E-state index < -0.39 is 0 Å². The molecule has 1 amide bonds. The molecule has 0 bridgehead atoms. The Morgan fingerprint density at radius 3 is 2.56 bits per heavy atom. The molecule has 1 aromatic rings. The molecule has 0 atom stereocenters. The van der Waals surface area contributed by atoms with Gasteiger partial charge in [-0.1, -0.05) is 0 Å². The van der Waals surface area contributed by atoms with Crippen molar-refractivity contribution in [2.45, 2.75) is 19.9 Å². The van der Waals surface area contributed by atoms with Crippen LogP contribution >= 0.6 is 0 Å². The summed E-state index contributed by atoms with van der Waals surface area (Å²) >= 11 is 0. The fraction of sp³-hybridized carbons (Fsp3) is 0.462. The summed E-state index contributed by atoms with van der Waals surface area (Å²) in [5.41, 5.74) is 0.206. The number of ether oxygens (including phenoxy) is 1. The number of rotatable bonds is 5. The van der Waals surface area contributed by atoms with E-state index in [-0.39, 0.29) is 36.4 Å². The number of benzene rings is 1. The molecule has 0 saturated heterocycles. The van der Waals surface area contributed by atoms with Crippen LogP contribution in [0.1, 0.15) is 24.2 Å². The summed E-state index contributed by atoms with van der Waals surface area (Å²) in [6.45, 7) is 3.84. The Kier molecular flexibility index (Phi) is 4.97. The summed E-state index contributed by atoms with van der Waals surface area (Å²) in [6, 6.07) is 4.48. The number of hydrogen-bond acceptors (Lipinski definition) is 4. The summed E-state index contributed by atoms with van der Waals surface area (Å²) < 4.78 is 4.96. The molecule has 5 nitrogen and oxygen atoms in total. The number of phenols is 1. The number of carbonyl (C=O) groups is 1. The standard InChI is InChI=1S/C13H19NO4/c1-9(2)14(6-7-15)13(17)11-5-4-10(18-3)8-12(11)16/h4-5,8-9,15-16H,6-7H2,1-3H3. The second-order valence-corrected chi connectivity index (χ2v) is 4.20. The van der Waals surface area contributed by atoms with Gasteiger partial charge in [0.15, 0.2) is 0 Å². The molecule has 1 aromatic carbocycles. The Morgan fingerprint density at radius 2 is 2.11 bits per heavy atom. The molecule has 0 heterocycles. The van der Waals surface area contributed by atoms with E-state index in [1.54, 1.807) is 6.07 Å². The first-order valence-electron chi connectivity index (χ1n) is 5.80. The van der Waals surface area contributed by atoms with E-state index in [1.807, 2.05) is 13.8 Å². The highest BCUT2D eigenvalue weighted by Gasteiger charge is 2.21. The fourth-order valence-corrected chi connectivity index (χ4v) is 1.68. The minimum atomic E-state index is -0.306. The van der Waals surface area contributed by atoms with Gasteiger partial charge in [-0.05, 0) is 26.0 Å². The smallest absolute Gasteiger partial charge is 0.257 e. The van der Waals surface area contributed by atoms with Crippen molar-refractivity contribution in [3.8, 4) is 11.5 Å². The van der Waals surface area contributed by atoms with Crippen molar-refractivity contribution in [1.29, 1.82) is 0 Å². The molecule has 0 fully saturated rings. The summed E-state index contributed by atoms with van der Waals surface area (Å²) in [7, 11) is 1.49. The fourth-order valence-electron chi connectivity index (χ4n) is 1.68. The number of carbonyl (C=O) groups excluding carboxylic acids is 1. The molecule has 0 aliphatic rings. The maximum absolute atomic E-state index is 12.2. The third-order valence-corrected chi connectivity index (χ3v) is 2.66. The van der Waals surface area contributed by atoms with Gasteiger partial charge in [-0.3, -0.25) is 4.79 Å². The number of phenolic OH excluding ortho intramolecular Hbond substituents is 1. The highest BCUT2D eigenvalue weighted by molar-refractivity contribution is 5.97. The molecule has 0 aliphatic carbocycles. The lowest BCUT2D eigenvalue weighted by atomic mass is 10.1. The zero-order valence-corrected chi connectivity index (χ0v) is 10.9. The van der Waals surface area contributed by atoms with Gasteiger partial charge in [0, 0.05) is 18.7 Å². The van der Waals surface area contributed by atoms with Gasteiger partial charge in [-0.25, -0.2) is 0 Å². The van der Waals surface area contributed by atoms with Gasteiger partial charge in [-0.2, -0.15) is 0 Å². The average Bonchev–Trinajstić information content (AvgIpc) is 2.34. The Hall–Kier alpha value is -1.75. The van der Waals surface area contributed by atoms with Crippen molar-refractivity contribution in [2.24, 2.45) is 0 Å². The SMILES string of the molecule is COc1ccc(C(=O)N(CCO)C(C)C)c(O)c1. The monoisotopic (exact) mass is 253 g/mol. The van der Waals surface area contributed by atoms with E-state index in [0.29, 0.717) is 5.75 Å².